The molecule has 0 radical (unpaired) electrons. The number of cyclic esters (lactones) is 4. The molecular formula is C39H56O11. The average Bonchev–Trinajstić information content (AvgIpc) is 3.91. The molecule has 7 fully saturated rings. The van der Waals surface area contributed by atoms with Crippen LogP contribution >= 0.6 is 0 Å². The molecule has 11 heteroatoms. The average molecular weight is 701 g/mol. The van der Waals surface area contributed by atoms with Crippen molar-refractivity contribution >= 4 is 35.8 Å². The lowest BCUT2D eigenvalue weighted by Gasteiger charge is -2.39. The molecule has 7 aliphatic rings. The molecular weight excluding hydrogens is 644 g/mol. The molecule has 2 saturated heterocycles. The van der Waals surface area contributed by atoms with Crippen LogP contribution in [0.15, 0.2) is 0 Å². The second kappa shape index (κ2) is 14.7. The first kappa shape index (κ1) is 37.0. The van der Waals surface area contributed by atoms with Gasteiger partial charge in [-0.3, -0.25) is 28.8 Å². The highest BCUT2D eigenvalue weighted by Crippen LogP contribution is 2.61. The second-order valence-corrected chi connectivity index (χ2v) is 16.8. The van der Waals surface area contributed by atoms with Crippen LogP contribution in [0.25, 0.3) is 0 Å². The SMILES string of the molecule is CC1C(=O)OC(=O)C1C1C(C)C2CC(C(=O)OC3(C)CCCCC3)C1C2.CCOCCOC(=O)C1CC2CC1C(C1C(=O)OC(=O)C1C)C2C. The van der Waals surface area contributed by atoms with Crippen molar-refractivity contribution in [3.8, 4) is 0 Å². The zero-order valence-corrected chi connectivity index (χ0v) is 30.6. The Morgan fingerprint density at radius 2 is 1.16 bits per heavy atom. The van der Waals surface area contributed by atoms with Gasteiger partial charge in [-0.1, -0.05) is 34.1 Å². The third kappa shape index (κ3) is 6.76. The molecule has 2 heterocycles. The van der Waals surface area contributed by atoms with Crippen molar-refractivity contribution in [2.75, 3.05) is 19.8 Å². The molecule has 0 spiro atoms. The topological polar surface area (TPSA) is 149 Å². The van der Waals surface area contributed by atoms with E-state index in [2.05, 4.69) is 20.8 Å². The highest BCUT2D eigenvalue weighted by atomic mass is 16.6. The summed E-state index contributed by atoms with van der Waals surface area (Å²) in [5, 5.41) is 0. The van der Waals surface area contributed by atoms with Gasteiger partial charge in [0.1, 0.15) is 12.2 Å². The predicted octanol–water partition coefficient (Wildman–Crippen LogP) is 5.31. The zero-order chi connectivity index (χ0) is 36.1. The molecule has 5 saturated carbocycles. The van der Waals surface area contributed by atoms with Gasteiger partial charge in [0.25, 0.3) is 0 Å². The van der Waals surface area contributed by atoms with E-state index in [0.29, 0.717) is 36.9 Å². The van der Waals surface area contributed by atoms with Gasteiger partial charge < -0.3 is 23.7 Å². The molecule has 4 bridgehead atoms. The number of rotatable bonds is 9. The van der Waals surface area contributed by atoms with E-state index in [1.54, 1.807) is 13.8 Å². The van der Waals surface area contributed by atoms with Crippen molar-refractivity contribution in [3.05, 3.63) is 0 Å². The van der Waals surface area contributed by atoms with Gasteiger partial charge in [0, 0.05) is 6.61 Å². The third-order valence-electron chi connectivity index (χ3n) is 14.1. The molecule has 14 atom stereocenters. The Morgan fingerprint density at radius 1 is 0.680 bits per heavy atom. The van der Waals surface area contributed by atoms with Crippen molar-refractivity contribution in [1.82, 2.24) is 0 Å². The van der Waals surface area contributed by atoms with Crippen molar-refractivity contribution in [2.24, 2.45) is 82.9 Å². The summed E-state index contributed by atoms with van der Waals surface area (Å²) in [6.45, 7) is 13.1. The molecule has 11 nitrogen and oxygen atoms in total. The van der Waals surface area contributed by atoms with E-state index in [4.69, 9.17) is 23.7 Å². The van der Waals surface area contributed by atoms with Crippen molar-refractivity contribution in [3.63, 3.8) is 0 Å². The quantitative estimate of drug-likeness (QED) is 0.133. The number of carbonyl (C=O) groups is 6. The summed E-state index contributed by atoms with van der Waals surface area (Å²) in [5.74, 6) is -1.99. The number of hydrogen-bond acceptors (Lipinski definition) is 11. The molecule has 5 aliphatic carbocycles. The summed E-state index contributed by atoms with van der Waals surface area (Å²) < 4.78 is 26.3. The number of hydrogen-bond donors (Lipinski definition) is 0. The van der Waals surface area contributed by atoms with E-state index in [1.807, 2.05) is 6.92 Å². The molecule has 278 valence electrons. The zero-order valence-electron chi connectivity index (χ0n) is 30.6. The Labute approximate surface area is 295 Å². The Morgan fingerprint density at radius 3 is 1.58 bits per heavy atom. The first-order valence-corrected chi connectivity index (χ1v) is 19.2. The first-order valence-electron chi connectivity index (χ1n) is 19.2. The van der Waals surface area contributed by atoms with Gasteiger partial charge in [-0.15, -0.1) is 0 Å². The Hall–Kier alpha value is -2.82. The van der Waals surface area contributed by atoms with Crippen molar-refractivity contribution < 1.29 is 52.5 Å². The molecule has 0 N–H and O–H groups in total. The third-order valence-corrected chi connectivity index (χ3v) is 14.1. The van der Waals surface area contributed by atoms with Crippen molar-refractivity contribution in [2.45, 2.75) is 105 Å². The van der Waals surface area contributed by atoms with Gasteiger partial charge in [-0.05, 0) is 113 Å². The van der Waals surface area contributed by atoms with Gasteiger partial charge >= 0.3 is 35.8 Å². The Balaban J connectivity index is 0.000000174. The van der Waals surface area contributed by atoms with Gasteiger partial charge in [0.15, 0.2) is 0 Å². The highest BCUT2D eigenvalue weighted by Gasteiger charge is 2.62. The predicted molar refractivity (Wildman–Crippen MR) is 177 cm³/mol. The van der Waals surface area contributed by atoms with E-state index in [0.717, 1.165) is 51.4 Å². The largest absolute Gasteiger partial charge is 0.463 e. The van der Waals surface area contributed by atoms with Gasteiger partial charge in [0.05, 0.1) is 42.1 Å². The van der Waals surface area contributed by atoms with Gasteiger partial charge in [0.2, 0.25) is 0 Å². The van der Waals surface area contributed by atoms with Crippen LogP contribution in [-0.4, -0.2) is 61.2 Å². The lowest BCUT2D eigenvalue weighted by atomic mass is 9.66. The fourth-order valence-corrected chi connectivity index (χ4v) is 11.4. The second-order valence-electron chi connectivity index (χ2n) is 16.8. The maximum absolute atomic E-state index is 13.0. The van der Waals surface area contributed by atoms with E-state index in [-0.39, 0.29) is 59.7 Å². The minimum absolute atomic E-state index is 0.0298. The van der Waals surface area contributed by atoms with Crippen LogP contribution in [0.2, 0.25) is 0 Å². The molecule has 0 aromatic heterocycles. The molecule has 0 aromatic rings. The normalized spacial score (nSPS) is 42.6. The van der Waals surface area contributed by atoms with E-state index in [1.165, 1.54) is 6.42 Å². The monoisotopic (exact) mass is 700 g/mol. The van der Waals surface area contributed by atoms with Gasteiger partial charge in [-0.25, -0.2) is 0 Å². The van der Waals surface area contributed by atoms with E-state index < -0.39 is 47.5 Å². The molecule has 2 aliphatic heterocycles. The minimum atomic E-state index is -0.434. The van der Waals surface area contributed by atoms with Crippen LogP contribution in [-0.2, 0) is 52.5 Å². The number of ether oxygens (including phenoxy) is 5. The number of esters is 6. The number of carbonyl (C=O) groups excluding carboxylic acids is 6. The van der Waals surface area contributed by atoms with Gasteiger partial charge in [-0.2, -0.15) is 0 Å². The maximum Gasteiger partial charge on any atom is 0.317 e. The summed E-state index contributed by atoms with van der Waals surface area (Å²) in [7, 11) is 0. The first-order chi connectivity index (χ1) is 23.8. The standard InChI is InChI=1S/C21H30O5.C18H26O6/c1-11-13-9-14(16(11)17-12(2)18(22)25-20(17)24)15(10-13)19(23)26-21(3)7-5-4-6-8-21;1-4-22-5-6-23-17(20)13-8-11-7-12(13)14(9(11)2)15-10(3)16(19)24-18(15)21/h11-17H,4-10H2,1-3H3;9-15H,4-8H2,1-3H3. The van der Waals surface area contributed by atoms with Crippen LogP contribution in [0.4, 0.5) is 0 Å². The van der Waals surface area contributed by atoms with Crippen LogP contribution in [0, 0.1) is 82.9 Å². The molecule has 0 aromatic carbocycles. The smallest absolute Gasteiger partial charge is 0.317 e. The van der Waals surface area contributed by atoms with Crippen LogP contribution in [0.3, 0.4) is 0 Å². The van der Waals surface area contributed by atoms with E-state index in [9.17, 15) is 28.8 Å². The lowest BCUT2D eigenvalue weighted by molar-refractivity contribution is -0.171. The number of fused-ring (bicyclic) bond motifs is 4. The van der Waals surface area contributed by atoms with Crippen LogP contribution in [0.5, 0.6) is 0 Å². The Kier molecular flexibility index (Phi) is 10.8. The molecule has 14 unspecified atom stereocenters. The highest BCUT2D eigenvalue weighted by molar-refractivity contribution is 5.97. The Bertz CT molecular complexity index is 1350. The maximum atomic E-state index is 13.0. The summed E-state index contributed by atoms with van der Waals surface area (Å²) >= 11 is 0. The van der Waals surface area contributed by atoms with Crippen LogP contribution < -0.4 is 0 Å². The van der Waals surface area contributed by atoms with Crippen LogP contribution in [0.1, 0.15) is 99.3 Å². The fraction of sp³-hybridized carbons (Fsp3) is 0.846. The molecule has 0 amide bonds. The minimum Gasteiger partial charge on any atom is -0.463 e. The molecule has 50 heavy (non-hydrogen) atoms. The van der Waals surface area contributed by atoms with Crippen molar-refractivity contribution in [1.29, 1.82) is 0 Å². The summed E-state index contributed by atoms with van der Waals surface area (Å²) in [5.41, 5.74) is -0.326. The lowest BCUT2D eigenvalue weighted by Crippen LogP contribution is -2.42. The summed E-state index contributed by atoms with van der Waals surface area (Å²) in [6.07, 6.45) is 8.92. The summed E-state index contributed by atoms with van der Waals surface area (Å²) in [6, 6.07) is 0. The fourth-order valence-electron chi connectivity index (χ4n) is 11.4. The molecule has 7 rings (SSSR count). The summed E-state index contributed by atoms with van der Waals surface area (Å²) in [4.78, 5) is 73.5. The van der Waals surface area contributed by atoms with E-state index >= 15 is 0 Å².